The number of rotatable bonds is 5. The summed E-state index contributed by atoms with van der Waals surface area (Å²) in [6.45, 7) is 0.659. The zero-order valence-corrected chi connectivity index (χ0v) is 14.5. The molecule has 8 heteroatoms. The lowest BCUT2D eigenvalue weighted by Crippen LogP contribution is -2.26. The molecular formula is C19H17F3N4O. The minimum Gasteiger partial charge on any atom is -0.336 e. The quantitative estimate of drug-likeness (QED) is 0.685. The third-order valence-corrected chi connectivity index (χ3v) is 3.99. The number of carbonyl (C=O) groups excluding carboxylic acids is 1. The van der Waals surface area contributed by atoms with Gasteiger partial charge in [-0.1, -0.05) is 47.7 Å². The molecule has 0 saturated carbocycles. The van der Waals surface area contributed by atoms with E-state index in [0.717, 1.165) is 17.7 Å². The number of hydrogen-bond donors (Lipinski definition) is 0. The highest BCUT2D eigenvalue weighted by Gasteiger charge is 2.30. The Balaban J connectivity index is 1.63. The topological polar surface area (TPSA) is 51.0 Å². The van der Waals surface area contributed by atoms with Crippen LogP contribution in [0.1, 0.15) is 27.2 Å². The molecule has 0 saturated heterocycles. The fourth-order valence-corrected chi connectivity index (χ4v) is 2.58. The normalized spacial score (nSPS) is 11.4. The first kappa shape index (κ1) is 18.6. The molecule has 27 heavy (non-hydrogen) atoms. The van der Waals surface area contributed by atoms with Crippen LogP contribution in [-0.4, -0.2) is 32.8 Å². The predicted octanol–water partition coefficient (Wildman–Crippen LogP) is 3.62. The minimum atomic E-state index is -4.38. The van der Waals surface area contributed by atoms with Crippen LogP contribution in [0.3, 0.4) is 0 Å². The summed E-state index contributed by atoms with van der Waals surface area (Å²) in [6.07, 6.45) is -2.82. The molecule has 0 aliphatic carbocycles. The van der Waals surface area contributed by atoms with E-state index in [1.165, 1.54) is 17.0 Å². The third-order valence-electron chi connectivity index (χ3n) is 3.99. The van der Waals surface area contributed by atoms with Crippen molar-refractivity contribution >= 4 is 5.91 Å². The molecule has 1 heterocycles. The zero-order chi connectivity index (χ0) is 19.4. The van der Waals surface area contributed by atoms with Gasteiger partial charge in [0.15, 0.2) is 5.69 Å². The highest BCUT2D eigenvalue weighted by molar-refractivity contribution is 5.91. The Hall–Kier alpha value is -3.16. The largest absolute Gasteiger partial charge is 0.416 e. The molecule has 2 aromatic carbocycles. The monoisotopic (exact) mass is 374 g/mol. The number of hydrogen-bond acceptors (Lipinski definition) is 3. The van der Waals surface area contributed by atoms with Crippen molar-refractivity contribution in [3.8, 4) is 0 Å². The minimum absolute atomic E-state index is 0.169. The predicted molar refractivity (Wildman–Crippen MR) is 92.8 cm³/mol. The maximum absolute atomic E-state index is 12.6. The van der Waals surface area contributed by atoms with Crippen LogP contribution in [0.2, 0.25) is 0 Å². The van der Waals surface area contributed by atoms with Gasteiger partial charge in [-0.05, 0) is 23.3 Å². The Bertz CT molecular complexity index is 905. The molecular weight excluding hydrogens is 357 g/mol. The summed E-state index contributed by atoms with van der Waals surface area (Å²) in [4.78, 5) is 13.9. The molecule has 3 rings (SSSR count). The molecule has 0 aliphatic heterocycles. The summed E-state index contributed by atoms with van der Waals surface area (Å²) in [7, 11) is 1.57. The van der Waals surface area contributed by atoms with E-state index in [2.05, 4.69) is 10.3 Å². The van der Waals surface area contributed by atoms with E-state index in [9.17, 15) is 18.0 Å². The third kappa shape index (κ3) is 4.72. The molecule has 3 aromatic rings. The van der Waals surface area contributed by atoms with Crippen molar-refractivity contribution < 1.29 is 18.0 Å². The van der Waals surface area contributed by atoms with Crippen LogP contribution in [0.5, 0.6) is 0 Å². The maximum Gasteiger partial charge on any atom is 0.416 e. The van der Waals surface area contributed by atoms with Gasteiger partial charge in [-0.15, -0.1) is 5.10 Å². The van der Waals surface area contributed by atoms with E-state index in [4.69, 9.17) is 0 Å². The van der Waals surface area contributed by atoms with Crippen molar-refractivity contribution in [1.82, 2.24) is 19.9 Å². The molecule has 1 aromatic heterocycles. The van der Waals surface area contributed by atoms with Gasteiger partial charge < -0.3 is 4.90 Å². The van der Waals surface area contributed by atoms with Gasteiger partial charge in [0.2, 0.25) is 0 Å². The molecule has 0 radical (unpaired) electrons. The second kappa shape index (κ2) is 7.61. The average molecular weight is 374 g/mol. The van der Waals surface area contributed by atoms with Gasteiger partial charge >= 0.3 is 6.18 Å². The number of aromatic nitrogens is 3. The van der Waals surface area contributed by atoms with E-state index < -0.39 is 11.7 Å². The summed E-state index contributed by atoms with van der Waals surface area (Å²) < 4.78 is 39.4. The molecule has 0 spiro atoms. The molecule has 0 aliphatic rings. The molecule has 0 atom stereocenters. The van der Waals surface area contributed by atoms with Gasteiger partial charge in [0.1, 0.15) is 0 Å². The summed E-state index contributed by atoms with van der Waals surface area (Å²) in [5.74, 6) is -0.353. The van der Waals surface area contributed by atoms with Crippen LogP contribution < -0.4 is 0 Å². The van der Waals surface area contributed by atoms with Gasteiger partial charge in [-0.25, -0.2) is 4.68 Å². The second-order valence-electron chi connectivity index (χ2n) is 6.14. The summed E-state index contributed by atoms with van der Waals surface area (Å²) in [5.41, 5.74) is 1.08. The zero-order valence-electron chi connectivity index (χ0n) is 14.5. The first-order valence-corrected chi connectivity index (χ1v) is 8.18. The number of carbonyl (C=O) groups is 1. The molecule has 1 amide bonds. The van der Waals surface area contributed by atoms with Gasteiger partial charge in [-0.3, -0.25) is 4.79 Å². The fourth-order valence-electron chi connectivity index (χ4n) is 2.58. The Kier molecular flexibility index (Phi) is 5.25. The summed E-state index contributed by atoms with van der Waals surface area (Å²) in [6, 6.07) is 14.4. The van der Waals surface area contributed by atoms with Crippen molar-refractivity contribution in [1.29, 1.82) is 0 Å². The first-order valence-electron chi connectivity index (χ1n) is 8.18. The Morgan fingerprint density at radius 1 is 1.04 bits per heavy atom. The number of amides is 1. The number of alkyl halides is 3. The maximum atomic E-state index is 12.6. The van der Waals surface area contributed by atoms with Crippen molar-refractivity contribution in [3.05, 3.63) is 83.2 Å². The van der Waals surface area contributed by atoms with Crippen LogP contribution in [0.25, 0.3) is 0 Å². The summed E-state index contributed by atoms with van der Waals surface area (Å²) >= 11 is 0. The van der Waals surface area contributed by atoms with Crippen molar-refractivity contribution in [2.24, 2.45) is 0 Å². The van der Waals surface area contributed by atoms with Crippen LogP contribution >= 0.6 is 0 Å². The van der Waals surface area contributed by atoms with Crippen molar-refractivity contribution in [2.75, 3.05) is 7.05 Å². The standard InChI is InChI=1S/C19H17F3N4O/c1-25(11-15-7-9-16(10-8-15)19(20,21)22)18(27)17-13-26(24-23-17)12-14-5-3-2-4-6-14/h2-10,13H,11-12H2,1H3. The highest BCUT2D eigenvalue weighted by Crippen LogP contribution is 2.29. The van der Waals surface area contributed by atoms with Crippen LogP contribution in [0, 0.1) is 0 Å². The van der Waals surface area contributed by atoms with Gasteiger partial charge in [0.25, 0.3) is 5.91 Å². The van der Waals surface area contributed by atoms with Crippen molar-refractivity contribution in [3.63, 3.8) is 0 Å². The highest BCUT2D eigenvalue weighted by atomic mass is 19.4. The lowest BCUT2D eigenvalue weighted by atomic mass is 10.1. The first-order chi connectivity index (χ1) is 12.8. The lowest BCUT2D eigenvalue weighted by molar-refractivity contribution is -0.137. The van der Waals surface area contributed by atoms with E-state index in [-0.39, 0.29) is 18.1 Å². The Morgan fingerprint density at radius 2 is 1.70 bits per heavy atom. The molecule has 5 nitrogen and oxygen atoms in total. The van der Waals surface area contributed by atoms with E-state index >= 15 is 0 Å². The smallest absolute Gasteiger partial charge is 0.336 e. The SMILES string of the molecule is CN(Cc1ccc(C(F)(F)F)cc1)C(=O)c1cn(Cc2ccccc2)nn1. The molecule has 0 N–H and O–H groups in total. The lowest BCUT2D eigenvalue weighted by Gasteiger charge is -2.16. The van der Waals surface area contributed by atoms with Crippen molar-refractivity contribution in [2.45, 2.75) is 19.3 Å². The van der Waals surface area contributed by atoms with Gasteiger partial charge in [-0.2, -0.15) is 13.2 Å². The molecule has 0 bridgehead atoms. The van der Waals surface area contributed by atoms with Crippen LogP contribution in [0.4, 0.5) is 13.2 Å². The second-order valence-corrected chi connectivity index (χ2v) is 6.14. The van der Waals surface area contributed by atoms with E-state index in [1.54, 1.807) is 17.9 Å². The Labute approximate surface area is 154 Å². The number of halogens is 3. The van der Waals surface area contributed by atoms with Crippen LogP contribution in [0.15, 0.2) is 60.8 Å². The molecule has 140 valence electrons. The fraction of sp³-hybridized carbons (Fsp3) is 0.211. The summed E-state index contributed by atoms with van der Waals surface area (Å²) in [5, 5.41) is 7.85. The Morgan fingerprint density at radius 3 is 2.33 bits per heavy atom. The van der Waals surface area contributed by atoms with E-state index in [0.29, 0.717) is 12.1 Å². The molecule has 0 fully saturated rings. The molecule has 0 unspecified atom stereocenters. The average Bonchev–Trinajstić information content (AvgIpc) is 3.10. The number of benzene rings is 2. The van der Waals surface area contributed by atoms with Gasteiger partial charge in [0, 0.05) is 13.6 Å². The number of nitrogens with zero attached hydrogens (tertiary/aromatic N) is 4. The van der Waals surface area contributed by atoms with Crippen LogP contribution in [-0.2, 0) is 19.3 Å². The van der Waals surface area contributed by atoms with Gasteiger partial charge in [0.05, 0.1) is 18.3 Å². The van der Waals surface area contributed by atoms with E-state index in [1.807, 2.05) is 30.3 Å².